The quantitative estimate of drug-likeness (QED) is 0.712. The summed E-state index contributed by atoms with van der Waals surface area (Å²) in [6.07, 6.45) is 4.52. The van der Waals surface area contributed by atoms with Gasteiger partial charge >= 0.3 is 5.97 Å². The van der Waals surface area contributed by atoms with Gasteiger partial charge in [-0.2, -0.15) is 0 Å². The van der Waals surface area contributed by atoms with Crippen LogP contribution in [0.1, 0.15) is 34.8 Å². The third-order valence-electron chi connectivity index (χ3n) is 4.84. The topological polar surface area (TPSA) is 98.2 Å². The van der Waals surface area contributed by atoms with E-state index in [1.807, 2.05) is 0 Å². The molecule has 2 heterocycles. The molecule has 3 aromatic rings. The van der Waals surface area contributed by atoms with Crippen molar-refractivity contribution in [3.63, 3.8) is 0 Å². The second-order valence-electron chi connectivity index (χ2n) is 6.66. The Morgan fingerprint density at radius 3 is 2.70 bits per heavy atom. The van der Waals surface area contributed by atoms with Crippen molar-refractivity contribution in [3.8, 4) is 11.1 Å². The number of benzene rings is 1. The van der Waals surface area contributed by atoms with E-state index in [-0.39, 0.29) is 33.4 Å². The number of hydrogen-bond acceptors (Lipinski definition) is 4. The Morgan fingerprint density at radius 2 is 2.11 bits per heavy atom. The number of carbonyl (C=O) groups is 1. The summed E-state index contributed by atoms with van der Waals surface area (Å²) in [6.45, 7) is 1.70. The van der Waals surface area contributed by atoms with E-state index in [1.165, 1.54) is 18.5 Å². The molecule has 0 atom stereocenters. The SMILES string of the molecule is Cc1c(-c2cnc(N)c(Cl)c2)c(F)cc2c(=O)c(C(=O)O)cn(C3CC3)c12. The molecule has 0 unspecified atom stereocenters. The van der Waals surface area contributed by atoms with Crippen LogP contribution in [0.4, 0.5) is 10.2 Å². The van der Waals surface area contributed by atoms with Gasteiger partial charge in [-0.1, -0.05) is 11.6 Å². The normalized spacial score (nSPS) is 13.9. The molecule has 6 nitrogen and oxygen atoms in total. The third-order valence-corrected chi connectivity index (χ3v) is 5.14. The predicted octanol–water partition coefficient (Wildman–Crippen LogP) is 3.78. The summed E-state index contributed by atoms with van der Waals surface area (Å²) in [6, 6.07) is 2.71. The molecule has 27 heavy (non-hydrogen) atoms. The van der Waals surface area contributed by atoms with Crippen LogP contribution in [0.2, 0.25) is 5.02 Å². The highest BCUT2D eigenvalue weighted by atomic mass is 35.5. The van der Waals surface area contributed by atoms with Crippen molar-refractivity contribution in [1.82, 2.24) is 9.55 Å². The predicted molar refractivity (Wildman–Crippen MR) is 101 cm³/mol. The number of nitrogens with zero attached hydrogens (tertiary/aromatic N) is 2. The molecule has 138 valence electrons. The van der Waals surface area contributed by atoms with Crippen molar-refractivity contribution < 1.29 is 14.3 Å². The van der Waals surface area contributed by atoms with Crippen LogP contribution in [0.5, 0.6) is 0 Å². The zero-order valence-corrected chi connectivity index (χ0v) is 15.0. The Morgan fingerprint density at radius 1 is 1.41 bits per heavy atom. The molecule has 1 saturated carbocycles. The minimum atomic E-state index is -1.33. The van der Waals surface area contributed by atoms with Gasteiger partial charge in [0.15, 0.2) is 0 Å². The van der Waals surface area contributed by atoms with E-state index < -0.39 is 17.2 Å². The first-order valence-corrected chi connectivity index (χ1v) is 8.70. The number of carboxylic acids is 1. The molecule has 0 spiro atoms. The average Bonchev–Trinajstić information content (AvgIpc) is 3.43. The number of hydrogen-bond donors (Lipinski definition) is 2. The number of aryl methyl sites for hydroxylation is 1. The lowest BCUT2D eigenvalue weighted by atomic mass is 9.96. The van der Waals surface area contributed by atoms with Gasteiger partial charge in [0.1, 0.15) is 17.2 Å². The maximum absolute atomic E-state index is 15.0. The Bertz CT molecular complexity index is 1190. The lowest BCUT2D eigenvalue weighted by molar-refractivity contribution is 0.0695. The maximum Gasteiger partial charge on any atom is 0.341 e. The van der Waals surface area contributed by atoms with Crippen molar-refractivity contribution >= 4 is 34.3 Å². The van der Waals surface area contributed by atoms with Crippen LogP contribution in [-0.2, 0) is 0 Å². The highest BCUT2D eigenvalue weighted by Crippen LogP contribution is 2.40. The summed E-state index contributed by atoms with van der Waals surface area (Å²) >= 11 is 6.03. The monoisotopic (exact) mass is 387 g/mol. The van der Waals surface area contributed by atoms with E-state index in [0.717, 1.165) is 18.9 Å². The molecule has 1 aliphatic carbocycles. The van der Waals surface area contributed by atoms with E-state index >= 15 is 0 Å². The lowest BCUT2D eigenvalue weighted by Crippen LogP contribution is -2.19. The zero-order valence-electron chi connectivity index (χ0n) is 14.3. The standard InChI is InChI=1S/C19H15ClFN3O3/c1-8-15(9-4-13(20)18(22)23-6-9)14(21)5-11-16(8)24(10-2-3-10)7-12(17(11)25)19(26)27/h4-7,10H,2-3H2,1H3,(H2,22,23)(H,26,27). The largest absolute Gasteiger partial charge is 0.477 e. The van der Waals surface area contributed by atoms with Crippen molar-refractivity contribution in [2.24, 2.45) is 0 Å². The highest BCUT2D eigenvalue weighted by Gasteiger charge is 2.29. The van der Waals surface area contributed by atoms with Gasteiger partial charge in [0.25, 0.3) is 0 Å². The first kappa shape index (κ1) is 17.5. The van der Waals surface area contributed by atoms with Crippen molar-refractivity contribution in [2.75, 3.05) is 5.73 Å². The third kappa shape index (κ3) is 2.75. The zero-order chi connectivity index (χ0) is 19.5. The van der Waals surface area contributed by atoms with Gasteiger partial charge in [-0.05, 0) is 37.5 Å². The van der Waals surface area contributed by atoms with E-state index in [2.05, 4.69) is 4.98 Å². The Balaban J connectivity index is 2.11. The number of pyridine rings is 2. The number of fused-ring (bicyclic) bond motifs is 1. The molecular formula is C19H15ClFN3O3. The van der Waals surface area contributed by atoms with Gasteiger partial charge in [-0.25, -0.2) is 14.2 Å². The molecule has 0 saturated heterocycles. The smallest absolute Gasteiger partial charge is 0.341 e. The van der Waals surface area contributed by atoms with Crippen molar-refractivity contribution in [1.29, 1.82) is 0 Å². The number of anilines is 1. The highest BCUT2D eigenvalue weighted by molar-refractivity contribution is 6.33. The van der Waals surface area contributed by atoms with Crippen LogP contribution in [-0.4, -0.2) is 20.6 Å². The molecule has 0 radical (unpaired) electrons. The first-order valence-electron chi connectivity index (χ1n) is 8.32. The molecular weight excluding hydrogens is 373 g/mol. The van der Waals surface area contributed by atoms with Crippen LogP contribution >= 0.6 is 11.6 Å². The fourth-order valence-corrected chi connectivity index (χ4v) is 3.58. The summed E-state index contributed by atoms with van der Waals surface area (Å²) in [5.74, 6) is -1.84. The minimum absolute atomic E-state index is 0.0510. The second-order valence-corrected chi connectivity index (χ2v) is 7.07. The summed E-state index contributed by atoms with van der Waals surface area (Å²) in [7, 11) is 0. The number of aromatic nitrogens is 2. The first-order chi connectivity index (χ1) is 12.8. The number of nitrogen functional groups attached to an aromatic ring is 1. The van der Waals surface area contributed by atoms with Crippen LogP contribution in [0.25, 0.3) is 22.0 Å². The number of nitrogens with two attached hydrogens (primary N) is 1. The molecule has 4 rings (SSSR count). The molecule has 1 aliphatic rings. The van der Waals surface area contributed by atoms with Gasteiger partial charge in [-0.15, -0.1) is 0 Å². The molecule has 1 aromatic carbocycles. The van der Waals surface area contributed by atoms with Gasteiger partial charge in [0.05, 0.1) is 10.5 Å². The van der Waals surface area contributed by atoms with E-state index in [4.69, 9.17) is 17.3 Å². The summed E-state index contributed by atoms with van der Waals surface area (Å²) in [5, 5.41) is 9.59. The van der Waals surface area contributed by atoms with Crippen molar-refractivity contribution in [3.05, 3.63) is 56.7 Å². The summed E-state index contributed by atoms with van der Waals surface area (Å²) in [4.78, 5) is 28.0. The molecule has 8 heteroatoms. The Hall–Kier alpha value is -2.93. The van der Waals surface area contributed by atoms with Crippen LogP contribution in [0.3, 0.4) is 0 Å². The molecule has 0 aliphatic heterocycles. The summed E-state index contributed by atoms with van der Waals surface area (Å²) in [5.41, 5.74) is 6.31. The molecule has 0 amide bonds. The molecule has 3 N–H and O–H groups in total. The van der Waals surface area contributed by atoms with Crippen LogP contribution in [0, 0.1) is 12.7 Å². The molecule has 2 aromatic heterocycles. The number of halogens is 2. The fraction of sp³-hybridized carbons (Fsp3) is 0.211. The second kappa shape index (κ2) is 6.06. The minimum Gasteiger partial charge on any atom is -0.477 e. The number of rotatable bonds is 3. The fourth-order valence-electron chi connectivity index (χ4n) is 3.41. The van der Waals surface area contributed by atoms with Gasteiger partial charge in [0, 0.05) is 34.9 Å². The maximum atomic E-state index is 15.0. The molecule has 0 bridgehead atoms. The van der Waals surface area contributed by atoms with Crippen molar-refractivity contribution in [2.45, 2.75) is 25.8 Å². The molecule has 1 fully saturated rings. The van der Waals surface area contributed by atoms with E-state index in [0.29, 0.717) is 16.6 Å². The van der Waals surface area contributed by atoms with Gasteiger partial charge in [-0.3, -0.25) is 4.79 Å². The summed E-state index contributed by atoms with van der Waals surface area (Å²) < 4.78 is 16.7. The van der Waals surface area contributed by atoms with E-state index in [1.54, 1.807) is 11.5 Å². The lowest BCUT2D eigenvalue weighted by Gasteiger charge is -2.17. The van der Waals surface area contributed by atoms with Gasteiger partial charge in [0.2, 0.25) is 5.43 Å². The number of aromatic carboxylic acids is 1. The van der Waals surface area contributed by atoms with E-state index in [9.17, 15) is 19.1 Å². The van der Waals surface area contributed by atoms with Crippen LogP contribution in [0.15, 0.2) is 29.3 Å². The Labute approximate surface area is 158 Å². The number of carboxylic acid groups (broad SMARTS) is 1. The van der Waals surface area contributed by atoms with Crippen LogP contribution < -0.4 is 11.2 Å². The Kier molecular flexibility index (Phi) is 3.92. The van der Waals surface area contributed by atoms with Gasteiger partial charge < -0.3 is 15.4 Å². The average molecular weight is 388 g/mol.